The summed E-state index contributed by atoms with van der Waals surface area (Å²) in [4.78, 5) is -0.0297. The van der Waals surface area contributed by atoms with Crippen molar-refractivity contribution < 1.29 is 17.2 Å². The van der Waals surface area contributed by atoms with Gasteiger partial charge in [0.15, 0.2) is 0 Å². The molecule has 0 aliphatic carbocycles. The van der Waals surface area contributed by atoms with Gasteiger partial charge in [0, 0.05) is 16.0 Å². The van der Waals surface area contributed by atoms with Crippen molar-refractivity contribution in [3.8, 4) is 0 Å². The zero-order valence-electron chi connectivity index (χ0n) is 8.94. The fraction of sp³-hybridized carbons (Fsp3) is 0.400. The molecule has 0 aliphatic rings. The molecular weight excluding hydrogens is 290 g/mol. The van der Waals surface area contributed by atoms with Crippen LogP contribution in [-0.2, 0) is 9.84 Å². The summed E-state index contributed by atoms with van der Waals surface area (Å²) in [5, 5.41) is -0.0503. The summed E-state index contributed by atoms with van der Waals surface area (Å²) in [7, 11) is -4.56. The van der Waals surface area contributed by atoms with E-state index in [0.29, 0.717) is 10.8 Å². The van der Waals surface area contributed by atoms with Gasteiger partial charge in [-0.05, 0) is 12.1 Å². The van der Waals surface area contributed by atoms with Crippen LogP contribution in [0.4, 0.5) is 8.78 Å². The third-order valence-corrected chi connectivity index (χ3v) is 5.33. The zero-order chi connectivity index (χ0) is 13.1. The van der Waals surface area contributed by atoms with Gasteiger partial charge < -0.3 is 0 Å². The highest BCUT2D eigenvalue weighted by Crippen LogP contribution is 2.32. The molecule has 2 nitrogen and oxygen atoms in total. The summed E-state index contributed by atoms with van der Waals surface area (Å²) in [5.74, 6) is -3.09. The van der Waals surface area contributed by atoms with Gasteiger partial charge in [0.2, 0.25) is 9.84 Å². The molecule has 17 heavy (non-hydrogen) atoms. The lowest BCUT2D eigenvalue weighted by atomic mass is 10.4. The molecule has 1 aromatic rings. The molecule has 0 aromatic heterocycles. The fourth-order valence-electron chi connectivity index (χ4n) is 1.13. The van der Waals surface area contributed by atoms with Crippen molar-refractivity contribution in [1.29, 1.82) is 0 Å². The molecule has 0 heterocycles. The fourth-order valence-corrected chi connectivity index (χ4v) is 3.46. The molecule has 0 radical (unpaired) electrons. The molecule has 0 saturated carbocycles. The number of benzene rings is 1. The van der Waals surface area contributed by atoms with Gasteiger partial charge in [-0.25, -0.2) is 8.42 Å². The number of alkyl halides is 3. The lowest BCUT2D eigenvalue weighted by molar-refractivity contribution is 0.234. The van der Waals surface area contributed by atoms with Crippen molar-refractivity contribution in [2.24, 2.45) is 0 Å². The molecular formula is C10H11ClF2O2S2. The van der Waals surface area contributed by atoms with Crippen LogP contribution < -0.4 is 0 Å². The third kappa shape index (κ3) is 3.56. The Hall–Kier alpha value is -0.330. The maximum Gasteiger partial charge on any atom is 0.341 e. The number of thioether (sulfide) groups is 1. The largest absolute Gasteiger partial charge is 0.341 e. The van der Waals surface area contributed by atoms with Crippen LogP contribution in [0.3, 0.4) is 0 Å². The standard InChI is InChI=1S/C10H11ClF2O2S2/c1-7(6-11)16-8-4-2-3-5-9(8)17(14,15)10(12)13/h2-5,7,10H,6H2,1H3. The summed E-state index contributed by atoms with van der Waals surface area (Å²) in [6.07, 6.45) is 0. The van der Waals surface area contributed by atoms with Crippen molar-refractivity contribution in [3.05, 3.63) is 24.3 Å². The Labute approximate surface area is 108 Å². The van der Waals surface area contributed by atoms with E-state index in [1.807, 2.05) is 0 Å². The number of hydrogen-bond donors (Lipinski definition) is 0. The second-order valence-corrected chi connectivity index (χ2v) is 7.01. The second-order valence-electron chi connectivity index (χ2n) is 3.34. The lowest BCUT2D eigenvalue weighted by Gasteiger charge is -2.12. The van der Waals surface area contributed by atoms with Crippen LogP contribution in [0.2, 0.25) is 0 Å². The lowest BCUT2D eigenvalue weighted by Crippen LogP contribution is -2.13. The van der Waals surface area contributed by atoms with E-state index in [9.17, 15) is 17.2 Å². The quantitative estimate of drug-likeness (QED) is 0.617. The first kappa shape index (κ1) is 14.7. The van der Waals surface area contributed by atoms with Crippen molar-refractivity contribution in [3.63, 3.8) is 0 Å². The Balaban J connectivity index is 3.17. The van der Waals surface area contributed by atoms with Crippen LogP contribution in [0.25, 0.3) is 0 Å². The molecule has 1 atom stereocenters. The first-order valence-corrected chi connectivity index (χ1v) is 7.69. The van der Waals surface area contributed by atoms with E-state index < -0.39 is 15.6 Å². The van der Waals surface area contributed by atoms with E-state index in [0.717, 1.165) is 0 Å². The van der Waals surface area contributed by atoms with Crippen molar-refractivity contribution in [2.75, 3.05) is 5.88 Å². The highest BCUT2D eigenvalue weighted by atomic mass is 35.5. The maximum absolute atomic E-state index is 12.5. The predicted molar refractivity (Wildman–Crippen MR) is 65.7 cm³/mol. The normalized spacial score (nSPS) is 13.9. The molecule has 96 valence electrons. The average Bonchev–Trinajstić information content (AvgIpc) is 2.29. The first-order valence-electron chi connectivity index (χ1n) is 4.73. The molecule has 0 amide bonds. The van der Waals surface area contributed by atoms with E-state index in [4.69, 9.17) is 11.6 Å². The monoisotopic (exact) mass is 300 g/mol. The van der Waals surface area contributed by atoms with Crippen LogP contribution >= 0.6 is 23.4 Å². The summed E-state index contributed by atoms with van der Waals surface area (Å²) in [5.41, 5.74) is 0. The smallest absolute Gasteiger partial charge is 0.218 e. The van der Waals surface area contributed by atoms with Crippen LogP contribution in [0.5, 0.6) is 0 Å². The van der Waals surface area contributed by atoms with E-state index in [1.165, 1.54) is 30.0 Å². The number of halogens is 3. The molecule has 7 heteroatoms. The highest BCUT2D eigenvalue weighted by molar-refractivity contribution is 8.01. The molecule has 0 N–H and O–H groups in total. The molecule has 1 aromatic carbocycles. The van der Waals surface area contributed by atoms with Crippen LogP contribution in [0, 0.1) is 0 Å². The van der Waals surface area contributed by atoms with Gasteiger partial charge in [0.05, 0.1) is 4.90 Å². The van der Waals surface area contributed by atoms with E-state index in [-0.39, 0.29) is 10.1 Å². The Bertz CT molecular complexity index is 477. The Morgan fingerprint density at radius 1 is 1.35 bits per heavy atom. The van der Waals surface area contributed by atoms with Gasteiger partial charge in [-0.1, -0.05) is 19.1 Å². The number of hydrogen-bond acceptors (Lipinski definition) is 3. The highest BCUT2D eigenvalue weighted by Gasteiger charge is 2.29. The summed E-state index contributed by atoms with van der Waals surface area (Å²) >= 11 is 6.78. The van der Waals surface area contributed by atoms with E-state index in [2.05, 4.69) is 0 Å². The van der Waals surface area contributed by atoms with Gasteiger partial charge in [-0.15, -0.1) is 23.4 Å². The van der Waals surface area contributed by atoms with E-state index in [1.54, 1.807) is 13.0 Å². The molecule has 0 fully saturated rings. The average molecular weight is 301 g/mol. The first-order chi connectivity index (χ1) is 7.89. The minimum Gasteiger partial charge on any atom is -0.218 e. The predicted octanol–water partition coefficient (Wildman–Crippen LogP) is 3.40. The van der Waals surface area contributed by atoms with Crippen LogP contribution in [-0.4, -0.2) is 25.3 Å². The Morgan fingerprint density at radius 3 is 2.47 bits per heavy atom. The van der Waals surface area contributed by atoms with Gasteiger partial charge in [0.1, 0.15) is 0 Å². The topological polar surface area (TPSA) is 34.1 Å². The zero-order valence-corrected chi connectivity index (χ0v) is 11.3. The van der Waals surface area contributed by atoms with E-state index >= 15 is 0 Å². The minimum atomic E-state index is -4.56. The second kappa shape index (κ2) is 6.02. The van der Waals surface area contributed by atoms with Crippen molar-refractivity contribution in [2.45, 2.75) is 27.7 Å². The number of sulfone groups is 1. The summed E-state index contributed by atoms with van der Waals surface area (Å²) in [6.45, 7) is 1.80. The Kier molecular flexibility index (Phi) is 5.22. The molecule has 1 unspecified atom stereocenters. The number of rotatable bonds is 5. The van der Waals surface area contributed by atoms with Gasteiger partial charge in [-0.3, -0.25) is 0 Å². The SMILES string of the molecule is CC(CCl)Sc1ccccc1S(=O)(=O)C(F)F. The van der Waals surface area contributed by atoms with Gasteiger partial charge in [-0.2, -0.15) is 8.78 Å². The van der Waals surface area contributed by atoms with Crippen LogP contribution in [0.1, 0.15) is 6.92 Å². The summed E-state index contributed by atoms with van der Waals surface area (Å²) < 4.78 is 47.8. The maximum atomic E-state index is 12.5. The Morgan fingerprint density at radius 2 is 1.94 bits per heavy atom. The molecule has 0 spiro atoms. The van der Waals surface area contributed by atoms with Gasteiger partial charge >= 0.3 is 5.76 Å². The third-order valence-electron chi connectivity index (χ3n) is 1.94. The summed E-state index contributed by atoms with van der Waals surface area (Å²) in [6, 6.07) is 5.71. The van der Waals surface area contributed by atoms with Crippen molar-refractivity contribution in [1.82, 2.24) is 0 Å². The van der Waals surface area contributed by atoms with Gasteiger partial charge in [0.25, 0.3) is 0 Å². The molecule has 0 bridgehead atoms. The molecule has 0 saturated heterocycles. The van der Waals surface area contributed by atoms with Crippen molar-refractivity contribution >= 4 is 33.2 Å². The molecule has 0 aliphatic heterocycles. The van der Waals surface area contributed by atoms with Crippen LogP contribution in [0.15, 0.2) is 34.1 Å². The minimum absolute atomic E-state index is 0.0503. The molecule has 1 rings (SSSR count).